The van der Waals surface area contributed by atoms with E-state index in [-0.39, 0.29) is 25.3 Å². The van der Waals surface area contributed by atoms with Crippen molar-refractivity contribution in [1.82, 2.24) is 30.5 Å². The maximum absolute atomic E-state index is 14.6. The fraction of sp³-hybridized carbons (Fsp3) is 0.658. The van der Waals surface area contributed by atoms with Crippen molar-refractivity contribution in [2.75, 3.05) is 6.54 Å². The fourth-order valence-electron chi connectivity index (χ4n) is 8.75. The Kier molecular flexibility index (Phi) is 10.0. The first kappa shape index (κ1) is 37.2. The lowest BCUT2D eigenvalue weighted by Crippen LogP contribution is -2.60. The van der Waals surface area contributed by atoms with Gasteiger partial charge in [-0.25, -0.2) is 18.0 Å². The molecule has 15 heteroatoms. The molecule has 5 atom stereocenters. The molecule has 4 N–H and O–H groups in total. The molecule has 4 bridgehead atoms. The molecule has 3 saturated carbocycles. The minimum Gasteiger partial charge on any atom is -0.444 e. The Morgan fingerprint density at radius 1 is 1.02 bits per heavy atom. The van der Waals surface area contributed by atoms with E-state index < -0.39 is 80.3 Å². The number of sulfonamides is 1. The van der Waals surface area contributed by atoms with Crippen LogP contribution in [0.4, 0.5) is 9.59 Å². The number of hydrogen-bond acceptors (Lipinski definition) is 8. The van der Waals surface area contributed by atoms with Crippen molar-refractivity contribution in [3.8, 4) is 0 Å². The summed E-state index contributed by atoms with van der Waals surface area (Å²) in [7, 11) is -3.90. The predicted molar refractivity (Wildman–Crippen MR) is 194 cm³/mol. The van der Waals surface area contributed by atoms with E-state index in [1.54, 1.807) is 4.90 Å². The van der Waals surface area contributed by atoms with Gasteiger partial charge in [0.1, 0.15) is 23.7 Å². The smallest absolute Gasteiger partial charge is 0.410 e. The predicted octanol–water partition coefficient (Wildman–Crippen LogP) is 3.14. The quantitative estimate of drug-likeness (QED) is 0.307. The van der Waals surface area contributed by atoms with Crippen LogP contribution >= 0.6 is 0 Å². The normalized spacial score (nSPS) is 30.6. The van der Waals surface area contributed by atoms with Crippen molar-refractivity contribution in [3.63, 3.8) is 0 Å². The molecule has 7 rings (SSSR count). The molecule has 3 aliphatic heterocycles. The number of carbonyl (C=O) groups excluding carboxylic acids is 5. The van der Waals surface area contributed by atoms with Gasteiger partial charge in [-0.3, -0.25) is 24.0 Å². The third kappa shape index (κ3) is 7.76. The summed E-state index contributed by atoms with van der Waals surface area (Å²) >= 11 is 0. The molecule has 53 heavy (non-hydrogen) atoms. The van der Waals surface area contributed by atoms with E-state index in [0.717, 1.165) is 62.5 Å². The number of amides is 6. The van der Waals surface area contributed by atoms with Crippen LogP contribution in [-0.4, -0.2) is 89.1 Å². The van der Waals surface area contributed by atoms with Crippen LogP contribution in [-0.2, 0) is 48.7 Å². The van der Waals surface area contributed by atoms with E-state index in [4.69, 9.17) is 4.74 Å². The van der Waals surface area contributed by atoms with Gasteiger partial charge >= 0.3 is 12.1 Å². The third-order valence-corrected chi connectivity index (χ3v) is 13.9. The monoisotopic (exact) mass is 752 g/mol. The van der Waals surface area contributed by atoms with Gasteiger partial charge in [0.2, 0.25) is 21.8 Å². The fourth-order valence-corrected chi connectivity index (χ4v) is 10.1. The lowest BCUT2D eigenvalue weighted by Gasteiger charge is -2.33. The van der Waals surface area contributed by atoms with E-state index in [9.17, 15) is 32.4 Å². The maximum atomic E-state index is 14.6. The average Bonchev–Trinajstić information content (AvgIpc) is 3.88. The van der Waals surface area contributed by atoms with E-state index in [2.05, 4.69) is 33.3 Å². The molecule has 1 saturated heterocycles. The number of ether oxygens (including phenoxy) is 1. The molecular formula is C38H52N6O8S. The van der Waals surface area contributed by atoms with Gasteiger partial charge in [-0.2, -0.15) is 0 Å². The maximum Gasteiger partial charge on any atom is 0.410 e. The molecule has 0 aromatic heterocycles. The molecule has 3 aliphatic carbocycles. The van der Waals surface area contributed by atoms with Gasteiger partial charge < -0.3 is 25.6 Å². The second kappa shape index (κ2) is 14.3. The van der Waals surface area contributed by atoms with Crippen LogP contribution < -0.4 is 20.7 Å². The van der Waals surface area contributed by atoms with Gasteiger partial charge in [-0.05, 0) is 87.8 Å². The number of aryl methyl sites for hydroxylation is 1. The summed E-state index contributed by atoms with van der Waals surface area (Å²) in [5.41, 5.74) is 1.23. The zero-order chi connectivity index (χ0) is 37.7. The molecule has 0 radical (unpaired) electrons. The summed E-state index contributed by atoms with van der Waals surface area (Å²) in [5, 5.41) is 8.19. The van der Waals surface area contributed by atoms with Crippen molar-refractivity contribution < 1.29 is 37.1 Å². The summed E-state index contributed by atoms with van der Waals surface area (Å²) < 4.78 is 33.6. The Hall–Kier alpha value is -4.14. The van der Waals surface area contributed by atoms with E-state index in [1.165, 1.54) is 16.5 Å². The van der Waals surface area contributed by atoms with Crippen molar-refractivity contribution in [2.24, 2.45) is 11.8 Å². The minimum atomic E-state index is -3.90. The summed E-state index contributed by atoms with van der Waals surface area (Å²) in [6.45, 7) is 8.39. The molecule has 6 aliphatic rings. The number of benzene rings is 1. The topological polar surface area (TPSA) is 183 Å². The number of carbonyl (C=O) groups is 5. The van der Waals surface area contributed by atoms with Gasteiger partial charge in [0.25, 0.3) is 5.91 Å². The highest BCUT2D eigenvalue weighted by Crippen LogP contribution is 2.45. The first-order valence-electron chi connectivity index (χ1n) is 19.1. The molecular weight excluding hydrogens is 701 g/mol. The standard InChI is InChI=1S/C38H52N6O8S/c1-4-26-19-38(26,34(47)42-53(50,51)28-15-16-28)40-32(45)30-18-27-21-44(30)33(46)31(24-11-5-6-12-24)39-35(48)41-37(2,3)17-8-7-10-23-13-9-14-25-20-43(22-29(23)25)36(49)52-27/h4,9,13-14,24,26-28,30-31H,1,5-8,10-12,15-22H2,2-3H3,(H,40,45)(H,42,47)(H2,39,41,48)/t26-,27-,30+,31+,38-/m1/s1. The van der Waals surface area contributed by atoms with E-state index >= 15 is 0 Å². The molecule has 0 spiro atoms. The third-order valence-electron chi connectivity index (χ3n) is 12.1. The molecule has 4 fully saturated rings. The first-order chi connectivity index (χ1) is 25.2. The van der Waals surface area contributed by atoms with Gasteiger partial charge in [0.05, 0.1) is 11.8 Å². The van der Waals surface area contributed by atoms with Crippen LogP contribution in [0.1, 0.15) is 101 Å². The number of nitrogens with one attached hydrogen (secondary N) is 4. The second-order valence-electron chi connectivity index (χ2n) is 16.6. The van der Waals surface area contributed by atoms with Crippen LogP contribution in [0.5, 0.6) is 0 Å². The van der Waals surface area contributed by atoms with Gasteiger partial charge in [-0.15, -0.1) is 6.58 Å². The Morgan fingerprint density at radius 3 is 2.45 bits per heavy atom. The Bertz CT molecular complexity index is 1790. The average molecular weight is 753 g/mol. The lowest BCUT2D eigenvalue weighted by molar-refractivity contribution is -0.142. The molecule has 1 aromatic carbocycles. The van der Waals surface area contributed by atoms with Crippen molar-refractivity contribution >= 4 is 39.9 Å². The van der Waals surface area contributed by atoms with Crippen LogP contribution in [0.2, 0.25) is 0 Å². The van der Waals surface area contributed by atoms with Crippen LogP contribution in [0.15, 0.2) is 30.9 Å². The van der Waals surface area contributed by atoms with Crippen LogP contribution in [0, 0.1) is 11.8 Å². The molecule has 6 amide bonds. The van der Waals surface area contributed by atoms with E-state index in [0.29, 0.717) is 25.9 Å². The zero-order valence-electron chi connectivity index (χ0n) is 30.7. The SMILES string of the molecule is C=C[C@@H]1C[C@]1(NC(=O)[C@@H]1C[C@@H]2CN1C(=O)[C@H](C1CCCC1)NC(=O)NC(C)(C)CCCCc1cccc3c1CN(C3)C(=O)O2)C(=O)NS(=O)(=O)C1CC1. The van der Waals surface area contributed by atoms with Crippen LogP contribution in [0.25, 0.3) is 0 Å². The molecule has 3 heterocycles. The Labute approximate surface area is 311 Å². The van der Waals surface area contributed by atoms with Crippen LogP contribution in [0.3, 0.4) is 0 Å². The number of fused-ring (bicyclic) bond motifs is 3. The highest BCUT2D eigenvalue weighted by Gasteiger charge is 2.62. The van der Waals surface area contributed by atoms with Gasteiger partial charge in [0, 0.05) is 31.0 Å². The van der Waals surface area contributed by atoms with Gasteiger partial charge in [0.15, 0.2) is 0 Å². The van der Waals surface area contributed by atoms with Crippen molar-refractivity contribution in [1.29, 1.82) is 0 Å². The van der Waals surface area contributed by atoms with Crippen molar-refractivity contribution in [3.05, 3.63) is 47.5 Å². The summed E-state index contributed by atoms with van der Waals surface area (Å²) in [6, 6.07) is 3.54. The number of nitrogens with zero attached hydrogens (tertiary/aromatic N) is 2. The summed E-state index contributed by atoms with van der Waals surface area (Å²) in [6.07, 6.45) is 7.70. The largest absolute Gasteiger partial charge is 0.444 e. The highest BCUT2D eigenvalue weighted by molar-refractivity contribution is 7.91. The Morgan fingerprint density at radius 2 is 1.75 bits per heavy atom. The molecule has 1 aromatic rings. The van der Waals surface area contributed by atoms with E-state index in [1.807, 2.05) is 26.0 Å². The number of urea groups is 1. The summed E-state index contributed by atoms with van der Waals surface area (Å²) in [4.78, 5) is 72.7. The minimum absolute atomic E-state index is 0.0389. The molecule has 14 nitrogen and oxygen atoms in total. The zero-order valence-corrected chi connectivity index (χ0v) is 31.5. The highest BCUT2D eigenvalue weighted by atomic mass is 32.2. The lowest BCUT2D eigenvalue weighted by atomic mass is 9.93. The second-order valence-corrected chi connectivity index (χ2v) is 18.5. The number of hydrogen-bond donors (Lipinski definition) is 4. The Balaban J connectivity index is 1.17. The first-order valence-corrected chi connectivity index (χ1v) is 20.7. The molecule has 288 valence electrons. The van der Waals surface area contributed by atoms with Crippen molar-refractivity contribution in [2.45, 2.75) is 139 Å². The van der Waals surface area contributed by atoms with Gasteiger partial charge in [-0.1, -0.05) is 43.5 Å². The number of rotatable bonds is 7. The summed E-state index contributed by atoms with van der Waals surface area (Å²) in [5.74, 6) is -2.66. The molecule has 0 unspecified atom stereocenters.